The van der Waals surface area contributed by atoms with Gasteiger partial charge in [0.05, 0.1) is 12.1 Å². The van der Waals surface area contributed by atoms with Crippen molar-refractivity contribution in [3.05, 3.63) is 17.6 Å². The summed E-state index contributed by atoms with van der Waals surface area (Å²) >= 11 is 0. The number of aryl methyl sites for hydroxylation is 2. The van der Waals surface area contributed by atoms with Crippen LogP contribution in [0, 0.1) is 18.8 Å². The van der Waals surface area contributed by atoms with Gasteiger partial charge in [0, 0.05) is 20.6 Å². The van der Waals surface area contributed by atoms with E-state index in [1.165, 1.54) is 6.42 Å². The Hall–Kier alpha value is -3.24. The summed E-state index contributed by atoms with van der Waals surface area (Å²) in [5, 5.41) is 17.4. The number of amides is 1. The molecule has 0 radical (unpaired) electrons. The molecule has 0 bridgehead atoms. The first kappa shape index (κ1) is 22.9. The van der Waals surface area contributed by atoms with Gasteiger partial charge in [0.1, 0.15) is 35.5 Å². The summed E-state index contributed by atoms with van der Waals surface area (Å²) in [6, 6.07) is 0. The fourth-order valence-corrected chi connectivity index (χ4v) is 4.24. The van der Waals surface area contributed by atoms with Crippen LogP contribution < -0.4 is 4.74 Å². The molecule has 2 fully saturated rings. The molecule has 2 aliphatic carbocycles. The molecule has 2 heterocycles. The first-order chi connectivity index (χ1) is 15.8. The van der Waals surface area contributed by atoms with Crippen molar-refractivity contribution in [2.75, 3.05) is 13.6 Å². The molecule has 1 amide bonds. The van der Waals surface area contributed by atoms with Gasteiger partial charge in [-0.3, -0.25) is 4.79 Å². The van der Waals surface area contributed by atoms with Gasteiger partial charge >= 0.3 is 12.1 Å². The predicted octanol–water partition coefficient (Wildman–Crippen LogP) is 2.58. The van der Waals surface area contributed by atoms with Gasteiger partial charge in [0.2, 0.25) is 5.88 Å². The molecule has 2 atom stereocenters. The lowest BCUT2D eigenvalue weighted by atomic mass is 9.85. The summed E-state index contributed by atoms with van der Waals surface area (Å²) < 4.78 is 13.0. The molecule has 2 aliphatic rings. The van der Waals surface area contributed by atoms with Crippen LogP contribution >= 0.6 is 0 Å². The Morgan fingerprint density at radius 1 is 1.27 bits per heavy atom. The average molecular weight is 459 g/mol. The van der Waals surface area contributed by atoms with E-state index in [0.29, 0.717) is 60.4 Å². The largest absolute Gasteiger partial charge is 0.481 e. The van der Waals surface area contributed by atoms with Crippen LogP contribution in [-0.2, 0) is 23.2 Å². The summed E-state index contributed by atoms with van der Waals surface area (Å²) in [4.78, 5) is 34.1. The summed E-state index contributed by atoms with van der Waals surface area (Å²) in [6.07, 6.45) is 6.27. The first-order valence-corrected chi connectivity index (χ1v) is 11.3. The number of carbonyl (C=O) groups excluding carboxylic acids is 1. The van der Waals surface area contributed by atoms with Gasteiger partial charge in [-0.25, -0.2) is 19.4 Å². The molecule has 11 heteroatoms. The number of aromatic nitrogens is 5. The molecule has 33 heavy (non-hydrogen) atoms. The number of nitrogens with zero attached hydrogens (tertiary/aromatic N) is 6. The molecule has 0 aliphatic heterocycles. The lowest BCUT2D eigenvalue weighted by Gasteiger charge is -2.29. The number of carbonyl (C=O) groups is 2. The SMILES string of the molecule is Cc1nc(-c2nnn(C)c2COC(=O)N(C)CC2CCC2)cnc1OC1CCC(C(=O)O)C1. The number of carboxylic acids is 1. The highest BCUT2D eigenvalue weighted by Crippen LogP contribution is 2.30. The van der Waals surface area contributed by atoms with E-state index in [0.717, 1.165) is 12.8 Å². The summed E-state index contributed by atoms with van der Waals surface area (Å²) in [7, 11) is 3.48. The van der Waals surface area contributed by atoms with Crippen LogP contribution in [0.15, 0.2) is 6.20 Å². The van der Waals surface area contributed by atoms with E-state index in [2.05, 4.69) is 20.3 Å². The van der Waals surface area contributed by atoms with E-state index in [1.807, 2.05) is 0 Å². The minimum atomic E-state index is -0.788. The second-order valence-corrected chi connectivity index (χ2v) is 8.97. The van der Waals surface area contributed by atoms with Crippen molar-refractivity contribution in [2.45, 2.75) is 58.2 Å². The quantitative estimate of drug-likeness (QED) is 0.633. The minimum absolute atomic E-state index is 0.0182. The van der Waals surface area contributed by atoms with Crippen molar-refractivity contribution in [2.24, 2.45) is 18.9 Å². The molecule has 4 rings (SSSR count). The molecule has 2 aromatic heterocycles. The summed E-state index contributed by atoms with van der Waals surface area (Å²) in [6.45, 7) is 2.50. The second kappa shape index (κ2) is 9.72. The predicted molar refractivity (Wildman–Crippen MR) is 116 cm³/mol. The van der Waals surface area contributed by atoms with E-state index in [4.69, 9.17) is 9.47 Å². The van der Waals surface area contributed by atoms with Crippen molar-refractivity contribution >= 4 is 12.1 Å². The van der Waals surface area contributed by atoms with Gasteiger partial charge in [-0.05, 0) is 44.9 Å². The molecule has 178 valence electrons. The maximum atomic E-state index is 12.4. The Balaban J connectivity index is 1.40. The van der Waals surface area contributed by atoms with Crippen LogP contribution in [0.2, 0.25) is 0 Å². The van der Waals surface area contributed by atoms with Crippen molar-refractivity contribution in [1.29, 1.82) is 0 Å². The number of carboxylic acid groups (broad SMARTS) is 1. The number of rotatable bonds is 8. The Morgan fingerprint density at radius 3 is 2.70 bits per heavy atom. The minimum Gasteiger partial charge on any atom is -0.481 e. The lowest BCUT2D eigenvalue weighted by Crippen LogP contribution is -2.34. The maximum absolute atomic E-state index is 12.4. The Bertz CT molecular complexity index is 1020. The zero-order valence-corrected chi connectivity index (χ0v) is 19.2. The van der Waals surface area contributed by atoms with E-state index in [1.54, 1.807) is 36.8 Å². The highest BCUT2D eigenvalue weighted by Gasteiger charge is 2.31. The molecule has 2 unspecified atom stereocenters. The second-order valence-electron chi connectivity index (χ2n) is 8.97. The number of ether oxygens (including phenoxy) is 2. The zero-order chi connectivity index (χ0) is 23.5. The van der Waals surface area contributed by atoms with Gasteiger partial charge in [0.25, 0.3) is 0 Å². The molecule has 0 spiro atoms. The van der Waals surface area contributed by atoms with Crippen molar-refractivity contribution < 1.29 is 24.2 Å². The third-order valence-electron chi connectivity index (χ3n) is 6.50. The standard InChI is InChI=1S/C22H30N6O5/c1-13-20(33-16-8-7-15(9-16)21(29)30)23-10-17(24-13)19-18(28(3)26-25-19)12-32-22(31)27(2)11-14-5-4-6-14/h10,14-16H,4-9,11-12H2,1-3H3,(H,29,30). The molecular formula is C22H30N6O5. The number of hydrogen-bond donors (Lipinski definition) is 1. The highest BCUT2D eigenvalue weighted by atomic mass is 16.6. The van der Waals surface area contributed by atoms with E-state index in [9.17, 15) is 14.7 Å². The van der Waals surface area contributed by atoms with Crippen LogP contribution in [0.25, 0.3) is 11.4 Å². The summed E-state index contributed by atoms with van der Waals surface area (Å²) in [5.41, 5.74) is 2.17. The zero-order valence-electron chi connectivity index (χ0n) is 19.2. The fourth-order valence-electron chi connectivity index (χ4n) is 4.24. The molecule has 1 N–H and O–H groups in total. The molecule has 0 aromatic carbocycles. The Kier molecular flexibility index (Phi) is 6.75. The number of aliphatic carboxylic acids is 1. The normalized spacial score (nSPS) is 20.3. The van der Waals surface area contributed by atoms with E-state index >= 15 is 0 Å². The smallest absolute Gasteiger partial charge is 0.409 e. The lowest BCUT2D eigenvalue weighted by molar-refractivity contribution is -0.141. The third-order valence-corrected chi connectivity index (χ3v) is 6.50. The third kappa shape index (κ3) is 5.23. The molecule has 2 aromatic rings. The summed E-state index contributed by atoms with van der Waals surface area (Å²) in [5.74, 6) is -0.219. The van der Waals surface area contributed by atoms with Crippen LogP contribution in [-0.4, -0.2) is 66.7 Å². The number of hydrogen-bond acceptors (Lipinski definition) is 8. The van der Waals surface area contributed by atoms with Gasteiger partial charge < -0.3 is 19.5 Å². The monoisotopic (exact) mass is 458 g/mol. The van der Waals surface area contributed by atoms with Crippen molar-refractivity contribution in [1.82, 2.24) is 29.9 Å². The molecule has 2 saturated carbocycles. The molecule has 0 saturated heterocycles. The topological polar surface area (TPSA) is 133 Å². The molecule has 11 nitrogen and oxygen atoms in total. The maximum Gasteiger partial charge on any atom is 0.409 e. The Labute approximate surface area is 192 Å². The van der Waals surface area contributed by atoms with Gasteiger partial charge in [-0.1, -0.05) is 11.6 Å². The van der Waals surface area contributed by atoms with Gasteiger partial charge in [-0.2, -0.15) is 0 Å². The van der Waals surface area contributed by atoms with E-state index in [-0.39, 0.29) is 24.7 Å². The highest BCUT2D eigenvalue weighted by molar-refractivity contribution is 5.70. The fraction of sp³-hybridized carbons (Fsp3) is 0.636. The Morgan fingerprint density at radius 2 is 2.06 bits per heavy atom. The van der Waals surface area contributed by atoms with Gasteiger partial charge in [-0.15, -0.1) is 5.10 Å². The van der Waals surface area contributed by atoms with Gasteiger partial charge in [0.15, 0.2) is 0 Å². The average Bonchev–Trinajstić information content (AvgIpc) is 3.37. The molecular weight excluding hydrogens is 428 g/mol. The van der Waals surface area contributed by atoms with Crippen molar-refractivity contribution in [3.63, 3.8) is 0 Å². The first-order valence-electron chi connectivity index (χ1n) is 11.3. The van der Waals surface area contributed by atoms with Crippen LogP contribution in [0.5, 0.6) is 5.88 Å². The van der Waals surface area contributed by atoms with E-state index < -0.39 is 5.97 Å². The van der Waals surface area contributed by atoms with Crippen LogP contribution in [0.4, 0.5) is 4.79 Å². The van der Waals surface area contributed by atoms with Crippen LogP contribution in [0.3, 0.4) is 0 Å². The van der Waals surface area contributed by atoms with Crippen molar-refractivity contribution in [3.8, 4) is 17.3 Å². The van der Waals surface area contributed by atoms with Crippen LogP contribution in [0.1, 0.15) is 49.9 Å².